The van der Waals surface area contributed by atoms with Gasteiger partial charge >= 0.3 is 0 Å². The molecule has 0 aromatic heterocycles. The van der Waals surface area contributed by atoms with E-state index < -0.39 is 17.5 Å². The Hall–Kier alpha value is -0.890. The third-order valence-electron chi connectivity index (χ3n) is 4.60. The molecule has 4 nitrogen and oxygen atoms in total. The van der Waals surface area contributed by atoms with E-state index in [4.69, 9.17) is 16.3 Å². The normalized spacial score (nSPS) is 25.0. The number of amides is 1. The Balaban J connectivity index is 1.71. The first kappa shape index (κ1) is 17.9. The number of nitrogens with one attached hydrogen (secondary N) is 1. The summed E-state index contributed by atoms with van der Waals surface area (Å²) in [6.07, 6.45) is 0.976. The quantitative estimate of drug-likeness (QED) is 0.820. The number of carbonyl (C=O) groups is 1. The molecule has 24 heavy (non-hydrogen) atoms. The van der Waals surface area contributed by atoms with E-state index in [0.717, 1.165) is 43.1 Å². The summed E-state index contributed by atoms with van der Waals surface area (Å²) >= 11 is 7.74. The van der Waals surface area contributed by atoms with Crippen LogP contribution in [0.5, 0.6) is 0 Å². The predicted octanol–water partition coefficient (Wildman–Crippen LogP) is 2.56. The highest BCUT2D eigenvalue weighted by atomic mass is 35.5. The Bertz CT molecular complexity index is 620. The van der Waals surface area contributed by atoms with Gasteiger partial charge in [-0.15, -0.1) is 0 Å². The minimum absolute atomic E-state index is 0.0432. The van der Waals surface area contributed by atoms with Gasteiger partial charge in [-0.05, 0) is 24.3 Å². The zero-order valence-electron chi connectivity index (χ0n) is 13.1. The molecule has 2 heterocycles. The van der Waals surface area contributed by atoms with Gasteiger partial charge in [0.25, 0.3) is 5.91 Å². The van der Waals surface area contributed by atoms with E-state index in [1.165, 1.54) is 0 Å². The predicted molar refractivity (Wildman–Crippen MR) is 90.8 cm³/mol. The highest BCUT2D eigenvalue weighted by Crippen LogP contribution is 2.33. The molecular weight excluding hydrogens is 358 g/mol. The Morgan fingerprint density at radius 2 is 2.04 bits per heavy atom. The van der Waals surface area contributed by atoms with Gasteiger partial charge in [-0.2, -0.15) is 11.8 Å². The van der Waals surface area contributed by atoms with Gasteiger partial charge in [0.1, 0.15) is 0 Å². The molecule has 8 heteroatoms. The Morgan fingerprint density at radius 1 is 1.33 bits per heavy atom. The van der Waals surface area contributed by atoms with E-state index >= 15 is 0 Å². The van der Waals surface area contributed by atoms with E-state index in [2.05, 4.69) is 10.2 Å². The minimum atomic E-state index is -1.08. The van der Waals surface area contributed by atoms with Crippen LogP contribution in [-0.2, 0) is 4.74 Å². The van der Waals surface area contributed by atoms with Crippen LogP contribution in [0.3, 0.4) is 0 Å². The second-order valence-electron chi connectivity index (χ2n) is 6.06. The van der Waals surface area contributed by atoms with E-state index in [1.54, 1.807) is 0 Å². The second kappa shape index (κ2) is 7.56. The fourth-order valence-electron chi connectivity index (χ4n) is 3.17. The van der Waals surface area contributed by atoms with Crippen LogP contribution in [0, 0.1) is 11.6 Å². The van der Waals surface area contributed by atoms with Crippen molar-refractivity contribution in [1.82, 2.24) is 10.2 Å². The van der Waals surface area contributed by atoms with Crippen LogP contribution >= 0.6 is 23.4 Å². The Labute approximate surface area is 148 Å². The number of carbonyl (C=O) groups excluding carboxylic acids is 1. The molecule has 132 valence electrons. The van der Waals surface area contributed by atoms with Crippen molar-refractivity contribution < 1.29 is 18.3 Å². The number of rotatable bonds is 4. The van der Waals surface area contributed by atoms with Crippen LogP contribution in [0.25, 0.3) is 0 Å². The number of thioether (sulfide) groups is 1. The number of nitrogens with zero attached hydrogens (tertiary/aromatic N) is 1. The number of hydrogen-bond donors (Lipinski definition) is 1. The summed E-state index contributed by atoms with van der Waals surface area (Å²) in [7, 11) is 0. The van der Waals surface area contributed by atoms with Gasteiger partial charge in [-0.25, -0.2) is 8.78 Å². The molecule has 0 radical (unpaired) electrons. The lowest BCUT2D eigenvalue weighted by atomic mass is 9.95. The number of benzene rings is 1. The number of halogens is 3. The van der Waals surface area contributed by atoms with E-state index in [9.17, 15) is 13.6 Å². The maximum Gasteiger partial charge on any atom is 0.252 e. The third-order valence-corrected chi connectivity index (χ3v) is 6.14. The van der Waals surface area contributed by atoms with Crippen LogP contribution in [0.4, 0.5) is 8.78 Å². The average Bonchev–Trinajstić information content (AvgIpc) is 3.07. The number of ether oxygens (including phenoxy) is 1. The van der Waals surface area contributed by atoms with Gasteiger partial charge in [-0.3, -0.25) is 9.69 Å². The van der Waals surface area contributed by atoms with Crippen LogP contribution < -0.4 is 5.32 Å². The second-order valence-corrected chi connectivity index (χ2v) is 7.57. The zero-order chi connectivity index (χ0) is 17.2. The van der Waals surface area contributed by atoms with Crippen molar-refractivity contribution in [3.8, 4) is 0 Å². The van der Waals surface area contributed by atoms with E-state index in [0.29, 0.717) is 19.8 Å². The maximum absolute atomic E-state index is 13.4. The van der Waals surface area contributed by atoms with Crippen molar-refractivity contribution in [3.63, 3.8) is 0 Å². The van der Waals surface area contributed by atoms with Gasteiger partial charge in [0, 0.05) is 30.9 Å². The topological polar surface area (TPSA) is 41.6 Å². The van der Waals surface area contributed by atoms with Crippen LogP contribution in [-0.4, -0.2) is 60.7 Å². The zero-order valence-corrected chi connectivity index (χ0v) is 14.7. The summed E-state index contributed by atoms with van der Waals surface area (Å²) < 4.78 is 31.9. The summed E-state index contributed by atoms with van der Waals surface area (Å²) in [6.45, 7) is 3.50. The lowest BCUT2D eigenvalue weighted by Crippen LogP contribution is -2.59. The molecule has 0 bridgehead atoms. The molecule has 2 aliphatic heterocycles. The maximum atomic E-state index is 13.4. The van der Waals surface area contributed by atoms with Crippen LogP contribution in [0.15, 0.2) is 12.1 Å². The van der Waals surface area contributed by atoms with Gasteiger partial charge < -0.3 is 10.1 Å². The molecular formula is C16H19ClF2N2O2S. The van der Waals surface area contributed by atoms with Crippen molar-refractivity contribution >= 4 is 29.3 Å². The molecule has 2 fully saturated rings. The molecule has 1 atom stereocenters. The molecule has 1 amide bonds. The molecule has 2 saturated heterocycles. The highest BCUT2D eigenvalue weighted by Gasteiger charge is 2.41. The highest BCUT2D eigenvalue weighted by molar-refractivity contribution is 7.99. The molecule has 3 rings (SSSR count). The van der Waals surface area contributed by atoms with Crippen molar-refractivity contribution in [3.05, 3.63) is 34.4 Å². The summed E-state index contributed by atoms with van der Waals surface area (Å²) in [6, 6.07) is 1.67. The standard InChI is InChI=1S/C16H19ClF2N2O2S/c17-12-8-14(19)13(18)7-11(12)15(22)20-9-16(1-6-24-10-16)21-2-4-23-5-3-21/h7-8H,1-6,9-10H2,(H,20,22). The van der Waals surface area contributed by atoms with Crippen molar-refractivity contribution in [2.24, 2.45) is 0 Å². The summed E-state index contributed by atoms with van der Waals surface area (Å²) in [4.78, 5) is 14.7. The van der Waals surface area contributed by atoms with Crippen molar-refractivity contribution in [1.29, 1.82) is 0 Å². The monoisotopic (exact) mass is 376 g/mol. The first-order valence-corrected chi connectivity index (χ1v) is 9.38. The molecule has 1 unspecified atom stereocenters. The minimum Gasteiger partial charge on any atom is -0.379 e. The van der Waals surface area contributed by atoms with Crippen LogP contribution in [0.1, 0.15) is 16.8 Å². The molecule has 0 aliphatic carbocycles. The summed E-state index contributed by atoms with van der Waals surface area (Å²) in [5.74, 6) is -0.654. The van der Waals surface area contributed by atoms with Crippen molar-refractivity contribution in [2.75, 3.05) is 44.4 Å². The molecule has 0 spiro atoms. The van der Waals surface area contributed by atoms with Gasteiger partial charge in [0.15, 0.2) is 11.6 Å². The van der Waals surface area contributed by atoms with Gasteiger partial charge in [0.2, 0.25) is 0 Å². The molecule has 0 saturated carbocycles. The molecule has 1 N–H and O–H groups in total. The largest absolute Gasteiger partial charge is 0.379 e. The van der Waals surface area contributed by atoms with Gasteiger partial charge in [-0.1, -0.05) is 11.6 Å². The Morgan fingerprint density at radius 3 is 2.71 bits per heavy atom. The van der Waals surface area contributed by atoms with Crippen LogP contribution in [0.2, 0.25) is 5.02 Å². The fraction of sp³-hybridized carbons (Fsp3) is 0.562. The van der Waals surface area contributed by atoms with E-state index in [-0.39, 0.29) is 16.1 Å². The lowest BCUT2D eigenvalue weighted by Gasteiger charge is -2.43. The number of morpholine rings is 1. The summed E-state index contributed by atoms with van der Waals surface area (Å²) in [5.41, 5.74) is -0.159. The SMILES string of the molecule is O=C(NCC1(N2CCOCC2)CCSC1)c1cc(F)c(F)cc1Cl. The Kier molecular flexibility index (Phi) is 5.64. The first-order valence-electron chi connectivity index (χ1n) is 7.85. The fourth-order valence-corrected chi connectivity index (χ4v) is 4.89. The molecule has 1 aromatic rings. The molecule has 2 aliphatic rings. The van der Waals surface area contributed by atoms with Crippen molar-refractivity contribution in [2.45, 2.75) is 12.0 Å². The average molecular weight is 377 g/mol. The smallest absolute Gasteiger partial charge is 0.252 e. The van der Waals surface area contributed by atoms with Gasteiger partial charge in [0.05, 0.1) is 23.8 Å². The molecule has 1 aromatic carbocycles. The first-order chi connectivity index (χ1) is 11.5. The lowest BCUT2D eigenvalue weighted by molar-refractivity contribution is -0.0129. The number of hydrogen-bond acceptors (Lipinski definition) is 4. The third kappa shape index (κ3) is 3.69. The summed E-state index contributed by atoms with van der Waals surface area (Å²) in [5, 5.41) is 2.77. The van der Waals surface area contributed by atoms with E-state index in [1.807, 2.05) is 11.8 Å².